The van der Waals surface area contributed by atoms with Gasteiger partial charge in [0.1, 0.15) is 5.75 Å². The van der Waals surface area contributed by atoms with Crippen molar-refractivity contribution in [1.29, 1.82) is 0 Å². The van der Waals surface area contributed by atoms with Gasteiger partial charge in [0.25, 0.3) is 0 Å². The highest BCUT2D eigenvalue weighted by Gasteiger charge is 2.29. The fourth-order valence-electron chi connectivity index (χ4n) is 3.80. The molecule has 2 aromatic rings. The largest absolute Gasteiger partial charge is 0.508 e. The van der Waals surface area contributed by atoms with Crippen LogP contribution in [-0.2, 0) is 0 Å². The van der Waals surface area contributed by atoms with Gasteiger partial charge >= 0.3 is 0 Å². The van der Waals surface area contributed by atoms with Crippen LogP contribution >= 0.6 is 34.8 Å². The second kappa shape index (κ2) is 9.90. The Kier molecular flexibility index (Phi) is 7.53. The Bertz CT molecular complexity index is 897. The van der Waals surface area contributed by atoms with Gasteiger partial charge in [0.2, 0.25) is 0 Å². The molecule has 1 N–H and O–H groups in total. The van der Waals surface area contributed by atoms with Gasteiger partial charge in [-0.1, -0.05) is 71.2 Å². The first-order valence-corrected chi connectivity index (χ1v) is 10.8. The number of allylic oxidation sites excluding steroid dienone is 3. The number of hydrogen-bond donors (Lipinski definition) is 1. The number of phenolic OH excluding ortho intramolecular Hbond substituents is 1. The Labute approximate surface area is 187 Å². The van der Waals surface area contributed by atoms with Crippen molar-refractivity contribution in [2.45, 2.75) is 19.9 Å². The van der Waals surface area contributed by atoms with Crippen LogP contribution in [0.1, 0.15) is 31.0 Å². The van der Waals surface area contributed by atoms with Crippen LogP contribution in [-0.4, -0.2) is 41.1 Å². The normalized spacial score (nSPS) is 17.8. The van der Waals surface area contributed by atoms with Gasteiger partial charge in [-0.2, -0.15) is 0 Å². The predicted octanol–water partition coefficient (Wildman–Crippen LogP) is 6.37. The lowest BCUT2D eigenvalue weighted by molar-refractivity contribution is 0.132. The summed E-state index contributed by atoms with van der Waals surface area (Å²) < 4.78 is 0. The van der Waals surface area contributed by atoms with E-state index in [4.69, 9.17) is 34.8 Å². The summed E-state index contributed by atoms with van der Waals surface area (Å²) in [4.78, 5) is 4.64. The van der Waals surface area contributed by atoms with E-state index in [1.165, 1.54) is 0 Å². The maximum Gasteiger partial charge on any atom is 0.120 e. The molecule has 154 valence electrons. The van der Waals surface area contributed by atoms with Crippen LogP contribution in [0.2, 0.25) is 5.02 Å². The highest BCUT2D eigenvalue weighted by Crippen LogP contribution is 2.36. The van der Waals surface area contributed by atoms with Gasteiger partial charge in [-0.25, -0.2) is 0 Å². The topological polar surface area (TPSA) is 26.7 Å². The van der Waals surface area contributed by atoms with Crippen molar-refractivity contribution in [3.8, 4) is 5.75 Å². The maximum atomic E-state index is 10.5. The molecule has 1 heterocycles. The predicted molar refractivity (Wildman–Crippen MR) is 123 cm³/mol. The van der Waals surface area contributed by atoms with Gasteiger partial charge in [-0.15, -0.1) is 0 Å². The summed E-state index contributed by atoms with van der Waals surface area (Å²) in [5, 5.41) is 12.4. The van der Waals surface area contributed by atoms with E-state index in [1.807, 2.05) is 55.5 Å². The molecule has 0 aliphatic carbocycles. The van der Waals surface area contributed by atoms with E-state index in [0.29, 0.717) is 20.8 Å². The van der Waals surface area contributed by atoms with Crippen LogP contribution in [0.5, 0.6) is 5.75 Å². The average molecular weight is 452 g/mol. The van der Waals surface area contributed by atoms with Crippen molar-refractivity contribution in [1.82, 2.24) is 9.80 Å². The summed E-state index contributed by atoms with van der Waals surface area (Å²) in [6.07, 6.45) is 2.00. The van der Waals surface area contributed by atoms with Crippen LogP contribution in [0.4, 0.5) is 0 Å². The Hall–Kier alpha value is -1.65. The maximum absolute atomic E-state index is 10.5. The third kappa shape index (κ3) is 5.10. The van der Waals surface area contributed by atoms with Crippen LogP contribution in [0.15, 0.2) is 70.4 Å². The molecule has 0 saturated carbocycles. The van der Waals surface area contributed by atoms with E-state index in [1.54, 1.807) is 13.0 Å². The first-order valence-electron chi connectivity index (χ1n) is 9.63. The molecule has 3 rings (SSSR count). The third-order valence-corrected chi connectivity index (χ3v) is 6.25. The number of nitrogens with zero attached hydrogens (tertiary/aromatic N) is 2. The number of aromatic hydroxyl groups is 1. The number of hydrogen-bond acceptors (Lipinski definition) is 3. The molecule has 0 spiro atoms. The number of benzene rings is 2. The SMILES string of the molecule is C/C=C(\C(Cl)=C(/C)Cl)N1CCN(C(c2ccc(Cl)cc2)c2ccccc2O)CC1. The summed E-state index contributed by atoms with van der Waals surface area (Å²) in [7, 11) is 0. The lowest BCUT2D eigenvalue weighted by atomic mass is 9.95. The van der Waals surface area contributed by atoms with Gasteiger partial charge in [-0.3, -0.25) is 4.90 Å². The highest BCUT2D eigenvalue weighted by atomic mass is 35.5. The Morgan fingerprint density at radius 3 is 2.17 bits per heavy atom. The second-order valence-corrected chi connectivity index (χ2v) is 8.44. The van der Waals surface area contributed by atoms with Crippen molar-refractivity contribution >= 4 is 34.8 Å². The number of para-hydroxylation sites is 1. The molecule has 1 aliphatic rings. The van der Waals surface area contributed by atoms with E-state index in [9.17, 15) is 5.11 Å². The van der Waals surface area contributed by atoms with Crippen molar-refractivity contribution in [3.05, 3.63) is 86.5 Å². The van der Waals surface area contributed by atoms with E-state index in [0.717, 1.165) is 43.0 Å². The van der Waals surface area contributed by atoms with Gasteiger partial charge in [0.15, 0.2) is 0 Å². The molecule has 0 amide bonds. The Balaban J connectivity index is 1.87. The molecule has 29 heavy (non-hydrogen) atoms. The molecule has 0 radical (unpaired) electrons. The molecule has 6 heteroatoms. The molecular formula is C23H25Cl3N2O. The first-order chi connectivity index (χ1) is 13.9. The fraction of sp³-hybridized carbons (Fsp3) is 0.304. The van der Waals surface area contributed by atoms with E-state index in [2.05, 4.69) is 9.80 Å². The minimum atomic E-state index is -0.0505. The van der Waals surface area contributed by atoms with Crippen LogP contribution < -0.4 is 0 Å². The number of piperazine rings is 1. The average Bonchev–Trinajstić information content (AvgIpc) is 2.72. The number of phenols is 1. The number of rotatable bonds is 5. The molecule has 2 aromatic carbocycles. The lowest BCUT2D eigenvalue weighted by Gasteiger charge is -2.41. The van der Waals surface area contributed by atoms with E-state index < -0.39 is 0 Å². The standard InChI is InChI=1S/C23H25Cl3N2O/c1-3-20(22(26)16(2)24)27-12-14-28(15-13-27)23(17-8-10-18(25)11-9-17)19-6-4-5-7-21(19)29/h3-11,23,29H,12-15H2,1-2H3/b20-3+,22-16-. The molecular weight excluding hydrogens is 427 g/mol. The van der Waals surface area contributed by atoms with Gasteiger partial charge in [0, 0.05) is 41.8 Å². The van der Waals surface area contributed by atoms with Gasteiger partial charge < -0.3 is 10.0 Å². The first kappa shape index (κ1) is 22.0. The van der Waals surface area contributed by atoms with Crippen molar-refractivity contribution in [2.24, 2.45) is 0 Å². The third-order valence-electron chi connectivity index (χ3n) is 5.24. The zero-order chi connectivity index (χ0) is 21.0. The van der Waals surface area contributed by atoms with E-state index in [-0.39, 0.29) is 6.04 Å². The second-order valence-electron chi connectivity index (χ2n) is 7.06. The van der Waals surface area contributed by atoms with Gasteiger partial charge in [-0.05, 0) is 37.6 Å². The number of halogens is 3. The fourth-order valence-corrected chi connectivity index (χ4v) is 4.25. The van der Waals surface area contributed by atoms with Crippen LogP contribution in [0.3, 0.4) is 0 Å². The van der Waals surface area contributed by atoms with Crippen LogP contribution in [0, 0.1) is 0 Å². The minimum Gasteiger partial charge on any atom is -0.508 e. The summed E-state index contributed by atoms with van der Waals surface area (Å²) in [5.74, 6) is 0.299. The Morgan fingerprint density at radius 2 is 1.62 bits per heavy atom. The molecule has 1 unspecified atom stereocenters. The lowest BCUT2D eigenvalue weighted by Crippen LogP contribution is -2.47. The summed E-state index contributed by atoms with van der Waals surface area (Å²) in [6.45, 7) is 7.06. The van der Waals surface area contributed by atoms with Crippen molar-refractivity contribution in [3.63, 3.8) is 0 Å². The summed E-state index contributed by atoms with van der Waals surface area (Å²) in [6, 6.07) is 15.3. The molecule has 0 bridgehead atoms. The summed E-state index contributed by atoms with van der Waals surface area (Å²) in [5.41, 5.74) is 2.96. The highest BCUT2D eigenvalue weighted by molar-refractivity contribution is 6.40. The Morgan fingerprint density at radius 1 is 1.00 bits per heavy atom. The van der Waals surface area contributed by atoms with Crippen molar-refractivity contribution < 1.29 is 5.11 Å². The monoisotopic (exact) mass is 450 g/mol. The minimum absolute atomic E-state index is 0.0505. The zero-order valence-electron chi connectivity index (χ0n) is 16.6. The molecule has 3 nitrogen and oxygen atoms in total. The van der Waals surface area contributed by atoms with Crippen LogP contribution in [0.25, 0.3) is 0 Å². The molecule has 1 fully saturated rings. The molecule has 0 aromatic heterocycles. The molecule has 1 saturated heterocycles. The van der Waals surface area contributed by atoms with E-state index >= 15 is 0 Å². The summed E-state index contributed by atoms with van der Waals surface area (Å²) >= 11 is 18.6. The quantitative estimate of drug-likeness (QED) is 0.535. The zero-order valence-corrected chi connectivity index (χ0v) is 18.8. The molecule has 1 atom stereocenters. The van der Waals surface area contributed by atoms with Gasteiger partial charge in [0.05, 0.1) is 16.8 Å². The van der Waals surface area contributed by atoms with Crippen molar-refractivity contribution in [2.75, 3.05) is 26.2 Å². The smallest absolute Gasteiger partial charge is 0.120 e. The molecule has 1 aliphatic heterocycles.